The number of nitrogens with zero attached hydrogens (tertiary/aromatic N) is 2. The molecule has 2 rings (SSSR count). The quantitative estimate of drug-likeness (QED) is 0.590. The Morgan fingerprint density at radius 2 is 2.13 bits per heavy atom. The minimum absolute atomic E-state index is 0.00277. The Morgan fingerprint density at radius 3 is 2.83 bits per heavy atom. The van der Waals surface area contributed by atoms with Crippen LogP contribution in [0.2, 0.25) is 0 Å². The Kier molecular flexibility index (Phi) is 6.18. The number of para-hydroxylation sites is 1. The van der Waals surface area contributed by atoms with E-state index in [1.54, 1.807) is 18.2 Å². The molecule has 23 heavy (non-hydrogen) atoms. The third kappa shape index (κ3) is 4.56. The zero-order chi connectivity index (χ0) is 16.8. The number of nitrogens with one attached hydrogen (secondary N) is 1. The fraction of sp³-hybridized carbons (Fsp3) is 0.438. The van der Waals surface area contributed by atoms with Crippen LogP contribution in [-0.4, -0.2) is 39.0 Å². The molecule has 0 fully saturated rings. The smallest absolute Gasteiger partial charge is 0.262 e. The number of hydrogen-bond acceptors (Lipinski definition) is 5. The number of rotatable bonds is 7. The van der Waals surface area contributed by atoms with Gasteiger partial charge in [-0.05, 0) is 32.4 Å². The first-order valence-corrected chi connectivity index (χ1v) is 8.54. The van der Waals surface area contributed by atoms with Crippen LogP contribution in [0.15, 0.2) is 34.2 Å². The zero-order valence-corrected chi connectivity index (χ0v) is 14.1. The maximum absolute atomic E-state index is 12.6. The molecule has 1 amide bonds. The molecular formula is C16H21N3O3S. The average molecular weight is 335 g/mol. The summed E-state index contributed by atoms with van der Waals surface area (Å²) in [4.78, 5) is 28.9. The van der Waals surface area contributed by atoms with E-state index >= 15 is 0 Å². The second-order valence-corrected chi connectivity index (χ2v) is 6.40. The van der Waals surface area contributed by atoms with Gasteiger partial charge in [0.1, 0.15) is 0 Å². The first kappa shape index (κ1) is 17.5. The number of aliphatic hydroxyl groups is 1. The SMILES string of the molecule is CC(C)NC(=O)CSc1nc2ccccc2c(=O)n1CCCO. The van der Waals surface area contributed by atoms with Crippen molar-refractivity contribution in [2.24, 2.45) is 0 Å². The molecule has 2 aromatic rings. The number of aromatic nitrogens is 2. The Morgan fingerprint density at radius 1 is 1.39 bits per heavy atom. The van der Waals surface area contributed by atoms with Gasteiger partial charge in [0.15, 0.2) is 5.16 Å². The number of carbonyl (C=O) groups excluding carboxylic acids is 1. The molecule has 0 saturated carbocycles. The predicted molar refractivity (Wildman–Crippen MR) is 91.7 cm³/mol. The minimum Gasteiger partial charge on any atom is -0.396 e. The highest BCUT2D eigenvalue weighted by atomic mass is 32.2. The van der Waals surface area contributed by atoms with Gasteiger partial charge in [-0.1, -0.05) is 23.9 Å². The number of carbonyl (C=O) groups is 1. The second kappa shape index (κ2) is 8.12. The van der Waals surface area contributed by atoms with Crippen molar-refractivity contribution in [1.82, 2.24) is 14.9 Å². The third-order valence-electron chi connectivity index (χ3n) is 3.15. The molecule has 7 heteroatoms. The fourth-order valence-electron chi connectivity index (χ4n) is 2.18. The number of thioether (sulfide) groups is 1. The second-order valence-electron chi connectivity index (χ2n) is 5.46. The van der Waals surface area contributed by atoms with Gasteiger partial charge < -0.3 is 10.4 Å². The molecule has 0 aliphatic carbocycles. The van der Waals surface area contributed by atoms with Crippen molar-refractivity contribution in [2.75, 3.05) is 12.4 Å². The zero-order valence-electron chi connectivity index (χ0n) is 13.3. The van der Waals surface area contributed by atoms with Crippen LogP contribution in [0, 0.1) is 0 Å². The van der Waals surface area contributed by atoms with Crippen LogP contribution in [0.3, 0.4) is 0 Å². The standard InChI is InChI=1S/C16H21N3O3S/c1-11(2)17-14(21)10-23-16-18-13-7-4-3-6-12(13)15(22)19(16)8-5-9-20/h3-4,6-7,11,20H,5,8-10H2,1-2H3,(H,17,21). The number of hydrogen-bond donors (Lipinski definition) is 2. The van der Waals surface area contributed by atoms with Gasteiger partial charge in [0.25, 0.3) is 5.56 Å². The summed E-state index contributed by atoms with van der Waals surface area (Å²) >= 11 is 1.23. The lowest BCUT2D eigenvalue weighted by molar-refractivity contribution is -0.119. The van der Waals surface area contributed by atoms with Crippen molar-refractivity contribution >= 4 is 28.6 Å². The van der Waals surface area contributed by atoms with Gasteiger partial charge in [0.05, 0.1) is 16.7 Å². The van der Waals surface area contributed by atoms with E-state index in [0.717, 1.165) is 0 Å². The van der Waals surface area contributed by atoms with Gasteiger partial charge in [0.2, 0.25) is 5.91 Å². The molecule has 0 spiro atoms. The fourth-order valence-corrected chi connectivity index (χ4v) is 3.01. The molecule has 0 unspecified atom stereocenters. The monoisotopic (exact) mass is 335 g/mol. The van der Waals surface area contributed by atoms with E-state index in [-0.39, 0.29) is 29.9 Å². The van der Waals surface area contributed by atoms with E-state index in [9.17, 15) is 9.59 Å². The van der Waals surface area contributed by atoms with Crippen molar-refractivity contribution < 1.29 is 9.90 Å². The summed E-state index contributed by atoms with van der Waals surface area (Å²) in [6.07, 6.45) is 0.464. The molecule has 124 valence electrons. The van der Waals surface area contributed by atoms with Gasteiger partial charge in [-0.2, -0.15) is 0 Å². The summed E-state index contributed by atoms with van der Waals surface area (Å²) in [7, 11) is 0. The highest BCUT2D eigenvalue weighted by molar-refractivity contribution is 7.99. The molecule has 1 aromatic carbocycles. The van der Waals surface area contributed by atoms with Gasteiger partial charge >= 0.3 is 0 Å². The molecule has 0 aliphatic heterocycles. The van der Waals surface area contributed by atoms with Gasteiger partial charge in [-0.25, -0.2) is 4.98 Å². The topological polar surface area (TPSA) is 84.2 Å². The Bertz CT molecular complexity index is 743. The number of fused-ring (bicyclic) bond motifs is 1. The van der Waals surface area contributed by atoms with Crippen LogP contribution in [0.4, 0.5) is 0 Å². The largest absolute Gasteiger partial charge is 0.396 e. The van der Waals surface area contributed by atoms with Crippen LogP contribution in [0.25, 0.3) is 10.9 Å². The highest BCUT2D eigenvalue weighted by Gasteiger charge is 2.13. The van der Waals surface area contributed by atoms with Gasteiger partial charge in [-0.15, -0.1) is 0 Å². The predicted octanol–water partition coefficient (Wildman–Crippen LogP) is 1.40. The Hall–Kier alpha value is -1.86. The molecule has 0 saturated heterocycles. The van der Waals surface area contributed by atoms with Crippen LogP contribution in [-0.2, 0) is 11.3 Å². The van der Waals surface area contributed by atoms with E-state index in [0.29, 0.717) is 29.0 Å². The molecule has 0 aliphatic rings. The maximum Gasteiger partial charge on any atom is 0.262 e. The molecule has 0 radical (unpaired) electrons. The van der Waals surface area contributed by atoms with Crippen molar-refractivity contribution in [3.8, 4) is 0 Å². The molecule has 0 bridgehead atoms. The van der Waals surface area contributed by atoms with Crippen molar-refractivity contribution in [3.05, 3.63) is 34.6 Å². The van der Waals surface area contributed by atoms with Crippen molar-refractivity contribution in [3.63, 3.8) is 0 Å². The number of benzene rings is 1. The van der Waals surface area contributed by atoms with Crippen LogP contribution in [0.5, 0.6) is 0 Å². The summed E-state index contributed by atoms with van der Waals surface area (Å²) in [5, 5.41) is 12.9. The van der Waals surface area contributed by atoms with Crippen molar-refractivity contribution in [2.45, 2.75) is 38.0 Å². The van der Waals surface area contributed by atoms with E-state index in [2.05, 4.69) is 10.3 Å². The van der Waals surface area contributed by atoms with Crippen molar-refractivity contribution in [1.29, 1.82) is 0 Å². The molecule has 6 nitrogen and oxygen atoms in total. The lowest BCUT2D eigenvalue weighted by Crippen LogP contribution is -2.32. The van der Waals surface area contributed by atoms with E-state index in [1.807, 2.05) is 19.9 Å². The highest BCUT2D eigenvalue weighted by Crippen LogP contribution is 2.18. The molecule has 0 atom stereocenters. The summed E-state index contributed by atoms with van der Waals surface area (Å²) < 4.78 is 1.53. The van der Waals surface area contributed by atoms with Gasteiger partial charge in [0, 0.05) is 19.2 Å². The van der Waals surface area contributed by atoms with E-state index in [1.165, 1.54) is 16.3 Å². The summed E-state index contributed by atoms with van der Waals surface area (Å²) in [6.45, 7) is 4.17. The van der Waals surface area contributed by atoms with Crippen LogP contribution < -0.4 is 10.9 Å². The van der Waals surface area contributed by atoms with E-state index < -0.39 is 0 Å². The molecular weight excluding hydrogens is 314 g/mol. The molecule has 2 N–H and O–H groups in total. The summed E-state index contributed by atoms with van der Waals surface area (Å²) in [5.74, 6) is 0.100. The van der Waals surface area contributed by atoms with Gasteiger partial charge in [-0.3, -0.25) is 14.2 Å². The molecule has 1 aromatic heterocycles. The lowest BCUT2D eigenvalue weighted by atomic mass is 10.2. The minimum atomic E-state index is -0.143. The first-order chi connectivity index (χ1) is 11.0. The third-order valence-corrected chi connectivity index (χ3v) is 4.12. The lowest BCUT2D eigenvalue weighted by Gasteiger charge is -2.13. The summed E-state index contributed by atoms with van der Waals surface area (Å²) in [5.41, 5.74) is 0.473. The Balaban J connectivity index is 2.32. The number of amides is 1. The average Bonchev–Trinajstić information content (AvgIpc) is 2.51. The Labute approximate surface area is 138 Å². The van der Waals surface area contributed by atoms with E-state index in [4.69, 9.17) is 5.11 Å². The van der Waals surface area contributed by atoms with Crippen LogP contribution in [0.1, 0.15) is 20.3 Å². The number of aliphatic hydroxyl groups excluding tert-OH is 1. The molecule has 1 heterocycles. The maximum atomic E-state index is 12.6. The van der Waals surface area contributed by atoms with Crippen LogP contribution >= 0.6 is 11.8 Å². The first-order valence-electron chi connectivity index (χ1n) is 7.55. The summed E-state index contributed by atoms with van der Waals surface area (Å²) in [6, 6.07) is 7.22. The normalized spacial score (nSPS) is 11.1.